The lowest BCUT2D eigenvalue weighted by Gasteiger charge is -2.58. The number of nitrogens with zero attached hydrogens (tertiary/aromatic N) is 5. The van der Waals surface area contributed by atoms with E-state index in [0.29, 0.717) is 35.1 Å². The summed E-state index contributed by atoms with van der Waals surface area (Å²) in [6.45, 7) is 14.5. The molecule has 0 N–H and O–H groups in total. The number of Topliss-reactive ketones (excluding diaryl/α,β-unsaturated/α-hetero) is 1. The summed E-state index contributed by atoms with van der Waals surface area (Å²) in [4.78, 5) is 29.7. The van der Waals surface area contributed by atoms with Crippen molar-refractivity contribution in [3.63, 3.8) is 0 Å². The second-order valence-electron chi connectivity index (χ2n) is 13.1. The fourth-order valence-corrected chi connectivity index (χ4v) is 8.02. The van der Waals surface area contributed by atoms with Crippen molar-refractivity contribution in [2.45, 2.75) is 97.1 Å². The van der Waals surface area contributed by atoms with Gasteiger partial charge in [0, 0.05) is 55.9 Å². The Labute approximate surface area is 219 Å². The van der Waals surface area contributed by atoms with Gasteiger partial charge in [-0.25, -0.2) is 9.97 Å². The summed E-state index contributed by atoms with van der Waals surface area (Å²) < 4.78 is 0. The summed E-state index contributed by atoms with van der Waals surface area (Å²) in [6, 6.07) is 0.991. The molecule has 2 saturated heterocycles. The molecule has 200 valence electrons. The molecule has 0 amide bonds. The Balaban J connectivity index is 1.08. The number of ketones is 1. The van der Waals surface area contributed by atoms with Crippen molar-refractivity contribution < 1.29 is 4.79 Å². The van der Waals surface area contributed by atoms with Crippen LogP contribution in [0.4, 0.5) is 5.95 Å². The number of likely N-dealkylation sites (tertiary alicyclic amines) is 1. The molecular formula is C30H49N5O. The molecule has 1 aromatic rings. The summed E-state index contributed by atoms with van der Waals surface area (Å²) >= 11 is 0. The van der Waals surface area contributed by atoms with Crippen LogP contribution in [0.2, 0.25) is 0 Å². The van der Waals surface area contributed by atoms with Crippen molar-refractivity contribution in [1.82, 2.24) is 19.8 Å². The van der Waals surface area contributed by atoms with Crippen LogP contribution in [0.3, 0.4) is 0 Å². The fourth-order valence-electron chi connectivity index (χ4n) is 8.02. The molecule has 4 aliphatic rings. The van der Waals surface area contributed by atoms with Gasteiger partial charge in [-0.05, 0) is 94.3 Å². The van der Waals surface area contributed by atoms with Crippen molar-refractivity contribution >= 4 is 11.7 Å². The van der Waals surface area contributed by atoms with Crippen molar-refractivity contribution in [3.8, 4) is 0 Å². The second-order valence-corrected chi connectivity index (χ2v) is 13.1. The number of piperidine rings is 1. The monoisotopic (exact) mass is 495 g/mol. The first-order valence-electron chi connectivity index (χ1n) is 14.9. The van der Waals surface area contributed by atoms with E-state index in [-0.39, 0.29) is 5.92 Å². The van der Waals surface area contributed by atoms with E-state index in [2.05, 4.69) is 61.8 Å². The number of piperazine rings is 1. The predicted molar refractivity (Wildman–Crippen MR) is 146 cm³/mol. The molecule has 6 nitrogen and oxygen atoms in total. The molecule has 2 aliphatic carbocycles. The molecule has 1 aromatic heterocycles. The molecule has 36 heavy (non-hydrogen) atoms. The minimum Gasteiger partial charge on any atom is -0.332 e. The minimum absolute atomic E-state index is 0.208. The number of aromatic nitrogens is 2. The highest BCUT2D eigenvalue weighted by molar-refractivity contribution is 5.83. The first-order chi connectivity index (χ1) is 17.3. The molecule has 5 rings (SSSR count). The second kappa shape index (κ2) is 10.7. The lowest BCUT2D eigenvalue weighted by molar-refractivity contribution is -0.142. The third-order valence-electron chi connectivity index (χ3n) is 10.0. The highest BCUT2D eigenvalue weighted by Gasteiger charge is 2.54. The molecule has 2 unspecified atom stereocenters. The zero-order valence-corrected chi connectivity index (χ0v) is 23.5. The summed E-state index contributed by atoms with van der Waals surface area (Å²) in [5.41, 5.74) is 1.86. The van der Waals surface area contributed by atoms with Gasteiger partial charge in [-0.15, -0.1) is 0 Å². The largest absolute Gasteiger partial charge is 0.332 e. The molecule has 0 bridgehead atoms. The van der Waals surface area contributed by atoms with Gasteiger partial charge in [0.25, 0.3) is 0 Å². The SMILES string of the molecule is CCC1CN(C)CC(CC)N1c1ncc(C2CCN(C[C@H]3CC4(C3)C[C@H](C(=O)C(C)C)C4)CC2)cn1. The molecule has 4 fully saturated rings. The quantitative estimate of drug-likeness (QED) is 0.506. The Hall–Kier alpha value is -1.53. The molecule has 2 atom stereocenters. The molecule has 3 heterocycles. The maximum Gasteiger partial charge on any atom is 0.225 e. The number of likely N-dealkylation sites (N-methyl/N-ethyl adjacent to an activating group) is 1. The Morgan fingerprint density at radius 3 is 2.11 bits per heavy atom. The van der Waals surface area contributed by atoms with Crippen LogP contribution in [0.15, 0.2) is 12.4 Å². The highest BCUT2D eigenvalue weighted by Crippen LogP contribution is 2.61. The fraction of sp³-hybridized carbons (Fsp3) is 0.833. The van der Waals surface area contributed by atoms with Gasteiger partial charge < -0.3 is 14.7 Å². The molecule has 2 aliphatic heterocycles. The topological polar surface area (TPSA) is 52.6 Å². The standard InChI is InChI=1S/C30H49N5O/c1-6-26-19-33(5)20-27(7-2)35(26)29-31-16-25(17-32-29)23-8-10-34(11-9-23)18-22-12-30(13-22)14-24(15-30)28(36)21(3)4/h16-17,21-24,26-27H,6-15,18-20H2,1-5H3/t22-,24-,26?,27?,30?. The van der Waals surface area contributed by atoms with E-state index in [1.54, 1.807) is 0 Å². The Bertz CT molecular complexity index is 865. The molecule has 1 spiro atoms. The van der Waals surface area contributed by atoms with Crippen LogP contribution in [0.1, 0.15) is 90.5 Å². The molecule has 2 saturated carbocycles. The van der Waals surface area contributed by atoms with Gasteiger partial charge in [0.1, 0.15) is 5.78 Å². The van der Waals surface area contributed by atoms with E-state index in [0.717, 1.165) is 37.8 Å². The third-order valence-corrected chi connectivity index (χ3v) is 10.0. The van der Waals surface area contributed by atoms with E-state index >= 15 is 0 Å². The van der Waals surface area contributed by atoms with Crippen LogP contribution >= 0.6 is 0 Å². The number of hydrogen-bond acceptors (Lipinski definition) is 6. The number of carbonyl (C=O) groups is 1. The maximum atomic E-state index is 12.2. The van der Waals surface area contributed by atoms with Crippen LogP contribution in [-0.4, -0.2) is 77.4 Å². The zero-order valence-electron chi connectivity index (χ0n) is 23.5. The van der Waals surface area contributed by atoms with Gasteiger partial charge in [0.15, 0.2) is 0 Å². The Morgan fingerprint density at radius 1 is 1.00 bits per heavy atom. The van der Waals surface area contributed by atoms with Crippen LogP contribution in [0.5, 0.6) is 0 Å². The summed E-state index contributed by atoms with van der Waals surface area (Å²) in [7, 11) is 2.24. The number of hydrogen-bond donors (Lipinski definition) is 0. The van der Waals surface area contributed by atoms with E-state index in [4.69, 9.17) is 9.97 Å². The van der Waals surface area contributed by atoms with Crippen LogP contribution in [-0.2, 0) is 4.79 Å². The predicted octanol–water partition coefficient (Wildman–Crippen LogP) is 5.00. The first kappa shape index (κ1) is 26.1. The normalized spacial score (nSPS) is 34.1. The first-order valence-corrected chi connectivity index (χ1v) is 14.9. The highest BCUT2D eigenvalue weighted by atomic mass is 16.1. The van der Waals surface area contributed by atoms with E-state index in [1.165, 1.54) is 63.7 Å². The van der Waals surface area contributed by atoms with Crippen molar-refractivity contribution in [2.75, 3.05) is 44.7 Å². The Morgan fingerprint density at radius 2 is 1.58 bits per heavy atom. The van der Waals surface area contributed by atoms with Gasteiger partial charge in [0.2, 0.25) is 5.95 Å². The van der Waals surface area contributed by atoms with Crippen LogP contribution in [0, 0.1) is 23.2 Å². The number of carbonyl (C=O) groups excluding carboxylic acids is 1. The number of rotatable bonds is 8. The lowest BCUT2D eigenvalue weighted by atomic mass is 9.47. The van der Waals surface area contributed by atoms with E-state index in [9.17, 15) is 4.79 Å². The third kappa shape index (κ3) is 5.22. The van der Waals surface area contributed by atoms with Gasteiger partial charge >= 0.3 is 0 Å². The van der Waals surface area contributed by atoms with E-state index in [1.807, 2.05) is 0 Å². The molecule has 0 radical (unpaired) electrons. The van der Waals surface area contributed by atoms with E-state index < -0.39 is 0 Å². The van der Waals surface area contributed by atoms with Crippen molar-refractivity contribution in [1.29, 1.82) is 0 Å². The summed E-state index contributed by atoms with van der Waals surface area (Å²) in [5, 5.41) is 0. The van der Waals surface area contributed by atoms with Gasteiger partial charge in [0.05, 0.1) is 0 Å². The van der Waals surface area contributed by atoms with Gasteiger partial charge in [-0.3, -0.25) is 4.79 Å². The van der Waals surface area contributed by atoms with Crippen molar-refractivity contribution in [2.24, 2.45) is 23.2 Å². The lowest BCUT2D eigenvalue weighted by Crippen LogP contribution is -2.58. The van der Waals surface area contributed by atoms with Crippen molar-refractivity contribution in [3.05, 3.63) is 18.0 Å². The Kier molecular flexibility index (Phi) is 7.74. The number of anilines is 1. The average molecular weight is 496 g/mol. The average Bonchev–Trinajstić information content (AvgIpc) is 2.84. The molecular weight excluding hydrogens is 446 g/mol. The summed E-state index contributed by atoms with van der Waals surface area (Å²) in [6.07, 6.45) is 14.0. The minimum atomic E-state index is 0.208. The zero-order chi connectivity index (χ0) is 25.4. The molecule has 0 aromatic carbocycles. The molecule has 6 heteroatoms. The van der Waals surface area contributed by atoms with Crippen LogP contribution in [0.25, 0.3) is 0 Å². The maximum absolute atomic E-state index is 12.2. The van der Waals surface area contributed by atoms with Gasteiger partial charge in [-0.2, -0.15) is 0 Å². The summed E-state index contributed by atoms with van der Waals surface area (Å²) in [5.74, 6) is 3.44. The van der Waals surface area contributed by atoms with Crippen LogP contribution < -0.4 is 4.90 Å². The van der Waals surface area contributed by atoms with Gasteiger partial charge in [-0.1, -0.05) is 27.7 Å². The smallest absolute Gasteiger partial charge is 0.225 e.